The number of amides is 4. The molecule has 0 aromatic heterocycles. The number of rotatable bonds is 6. The first-order valence-corrected chi connectivity index (χ1v) is 6.69. The van der Waals surface area contributed by atoms with Crippen LogP contribution in [0, 0.1) is 0 Å². The number of hydrogen-bond donors (Lipinski definition) is 3. The van der Waals surface area contributed by atoms with Gasteiger partial charge in [-0.3, -0.25) is 19.3 Å². The van der Waals surface area contributed by atoms with E-state index in [0.717, 1.165) is 4.90 Å². The first kappa shape index (κ1) is 15.5. The number of carboxylic acid groups (broad SMARTS) is 1. The lowest BCUT2D eigenvalue weighted by Crippen LogP contribution is -2.40. The zero-order valence-corrected chi connectivity index (χ0v) is 11.7. The van der Waals surface area contributed by atoms with E-state index in [1.54, 1.807) is 24.3 Å². The lowest BCUT2D eigenvalue weighted by Gasteiger charge is -2.13. The summed E-state index contributed by atoms with van der Waals surface area (Å²) in [5.41, 5.74) is 0.777. The van der Waals surface area contributed by atoms with Gasteiger partial charge in [-0.1, -0.05) is 12.1 Å². The van der Waals surface area contributed by atoms with Crippen molar-refractivity contribution in [2.45, 2.75) is 6.42 Å². The minimum Gasteiger partial charge on any atom is -0.480 e. The summed E-state index contributed by atoms with van der Waals surface area (Å²) in [4.78, 5) is 46.7. The minimum atomic E-state index is -1.14. The summed E-state index contributed by atoms with van der Waals surface area (Å²) >= 11 is 0. The summed E-state index contributed by atoms with van der Waals surface area (Å²) in [6, 6.07) is 5.99. The summed E-state index contributed by atoms with van der Waals surface area (Å²) in [6.45, 7) is -0.0609. The zero-order valence-electron chi connectivity index (χ0n) is 11.7. The molecule has 2 rings (SSSR count). The molecule has 1 aromatic carbocycles. The molecule has 1 aliphatic rings. The quantitative estimate of drug-likeness (QED) is 0.507. The van der Waals surface area contributed by atoms with Gasteiger partial charge in [-0.2, -0.15) is 0 Å². The van der Waals surface area contributed by atoms with Gasteiger partial charge in [0.25, 0.3) is 11.8 Å². The lowest BCUT2D eigenvalue weighted by molar-refractivity contribution is -0.135. The number of nitrogens with zero attached hydrogens (tertiary/aromatic N) is 1. The highest BCUT2D eigenvalue weighted by molar-refractivity contribution is 6.21. The van der Waals surface area contributed by atoms with Gasteiger partial charge in [0, 0.05) is 13.1 Å². The Kier molecular flexibility index (Phi) is 4.72. The van der Waals surface area contributed by atoms with Crippen LogP contribution in [0.5, 0.6) is 0 Å². The number of aliphatic carboxylic acids is 1. The van der Waals surface area contributed by atoms with E-state index in [4.69, 9.17) is 5.11 Å². The van der Waals surface area contributed by atoms with Crippen molar-refractivity contribution < 1.29 is 24.3 Å². The molecule has 0 atom stereocenters. The van der Waals surface area contributed by atoms with Crippen LogP contribution in [0.25, 0.3) is 0 Å². The van der Waals surface area contributed by atoms with Crippen molar-refractivity contribution in [3.63, 3.8) is 0 Å². The van der Waals surface area contributed by atoms with Crippen LogP contribution >= 0.6 is 0 Å². The molecule has 1 aliphatic heterocycles. The molecule has 0 saturated heterocycles. The van der Waals surface area contributed by atoms with Crippen LogP contribution in [0.4, 0.5) is 4.79 Å². The van der Waals surface area contributed by atoms with E-state index in [1.165, 1.54) is 0 Å². The van der Waals surface area contributed by atoms with Crippen LogP contribution in [0.2, 0.25) is 0 Å². The number of hydrogen-bond acceptors (Lipinski definition) is 4. The largest absolute Gasteiger partial charge is 0.480 e. The Balaban J connectivity index is 1.77. The van der Waals surface area contributed by atoms with Crippen LogP contribution < -0.4 is 10.6 Å². The molecule has 0 fully saturated rings. The average Bonchev–Trinajstić information content (AvgIpc) is 2.74. The van der Waals surface area contributed by atoms with Crippen LogP contribution in [0.15, 0.2) is 24.3 Å². The second-order valence-corrected chi connectivity index (χ2v) is 4.66. The van der Waals surface area contributed by atoms with E-state index in [0.29, 0.717) is 17.5 Å². The summed E-state index contributed by atoms with van der Waals surface area (Å²) in [5.74, 6) is -1.81. The van der Waals surface area contributed by atoms with E-state index in [1.807, 2.05) is 0 Å². The minimum absolute atomic E-state index is 0.186. The fourth-order valence-electron chi connectivity index (χ4n) is 2.10. The van der Waals surface area contributed by atoms with Crippen molar-refractivity contribution in [2.24, 2.45) is 0 Å². The lowest BCUT2D eigenvalue weighted by atomic mass is 10.1. The number of carbonyl (C=O) groups is 4. The second kappa shape index (κ2) is 6.70. The Bertz CT molecular complexity index is 594. The number of imide groups is 1. The van der Waals surface area contributed by atoms with Crippen molar-refractivity contribution in [1.82, 2.24) is 15.5 Å². The molecule has 22 heavy (non-hydrogen) atoms. The standard InChI is InChI=1S/C14H15N3O5/c18-11(19)8-16-14(22)15-6-3-7-17-12(20)9-4-1-2-5-10(9)13(17)21/h1-2,4-5H,3,6-8H2,(H,18,19)(H2,15,16,22). The van der Waals surface area contributed by atoms with Gasteiger partial charge >= 0.3 is 12.0 Å². The summed E-state index contributed by atoms with van der Waals surface area (Å²) in [6.07, 6.45) is 0.381. The maximum absolute atomic E-state index is 12.1. The van der Waals surface area contributed by atoms with Gasteiger partial charge < -0.3 is 15.7 Å². The maximum Gasteiger partial charge on any atom is 0.323 e. The first-order valence-electron chi connectivity index (χ1n) is 6.69. The van der Waals surface area contributed by atoms with Gasteiger partial charge in [0.1, 0.15) is 6.54 Å². The van der Waals surface area contributed by atoms with E-state index in [9.17, 15) is 19.2 Å². The smallest absolute Gasteiger partial charge is 0.323 e. The van der Waals surface area contributed by atoms with Crippen LogP contribution in [0.3, 0.4) is 0 Å². The third-order valence-electron chi connectivity index (χ3n) is 3.12. The highest BCUT2D eigenvalue weighted by Crippen LogP contribution is 2.22. The fraction of sp³-hybridized carbons (Fsp3) is 0.286. The molecular formula is C14H15N3O5. The van der Waals surface area contributed by atoms with Crippen molar-refractivity contribution >= 4 is 23.8 Å². The van der Waals surface area contributed by atoms with E-state index in [-0.39, 0.29) is 24.9 Å². The molecule has 1 aromatic rings. The molecule has 0 bridgehead atoms. The Labute approximate surface area is 126 Å². The summed E-state index contributed by atoms with van der Waals surface area (Å²) in [5, 5.41) is 13.0. The van der Waals surface area contributed by atoms with Crippen LogP contribution in [-0.2, 0) is 4.79 Å². The van der Waals surface area contributed by atoms with Gasteiger partial charge in [-0.15, -0.1) is 0 Å². The maximum atomic E-state index is 12.1. The molecule has 0 unspecified atom stereocenters. The molecule has 0 aliphatic carbocycles. The van der Waals surface area contributed by atoms with Crippen molar-refractivity contribution in [3.05, 3.63) is 35.4 Å². The predicted molar refractivity (Wildman–Crippen MR) is 75.5 cm³/mol. The van der Waals surface area contributed by atoms with Gasteiger partial charge in [0.15, 0.2) is 0 Å². The number of carboxylic acids is 1. The molecule has 8 nitrogen and oxygen atoms in total. The molecule has 4 amide bonds. The Morgan fingerprint density at radius 1 is 1.05 bits per heavy atom. The summed E-state index contributed by atoms with van der Waals surface area (Å²) < 4.78 is 0. The Morgan fingerprint density at radius 2 is 1.64 bits per heavy atom. The third kappa shape index (κ3) is 3.40. The normalized spacial score (nSPS) is 13.0. The predicted octanol–water partition coefficient (Wildman–Crippen LogP) is 0.0565. The molecule has 0 saturated carbocycles. The van der Waals surface area contributed by atoms with Crippen molar-refractivity contribution in [2.75, 3.05) is 19.6 Å². The summed E-state index contributed by atoms with van der Waals surface area (Å²) in [7, 11) is 0. The van der Waals surface area contributed by atoms with Gasteiger partial charge in [-0.05, 0) is 18.6 Å². The number of carbonyl (C=O) groups excluding carboxylic acids is 3. The third-order valence-corrected chi connectivity index (χ3v) is 3.12. The molecule has 8 heteroatoms. The van der Waals surface area contributed by atoms with Gasteiger partial charge in [0.2, 0.25) is 0 Å². The van der Waals surface area contributed by atoms with E-state index in [2.05, 4.69) is 10.6 Å². The number of benzene rings is 1. The monoisotopic (exact) mass is 305 g/mol. The molecule has 1 heterocycles. The van der Waals surface area contributed by atoms with Crippen LogP contribution in [0.1, 0.15) is 27.1 Å². The Hall–Kier alpha value is -2.90. The van der Waals surface area contributed by atoms with E-state index < -0.39 is 18.5 Å². The average molecular weight is 305 g/mol. The molecule has 116 valence electrons. The van der Waals surface area contributed by atoms with Crippen molar-refractivity contribution in [3.8, 4) is 0 Å². The molecular weight excluding hydrogens is 290 g/mol. The highest BCUT2D eigenvalue weighted by Gasteiger charge is 2.34. The van der Waals surface area contributed by atoms with Crippen LogP contribution in [-0.4, -0.2) is 53.5 Å². The van der Waals surface area contributed by atoms with E-state index >= 15 is 0 Å². The Morgan fingerprint density at radius 3 is 2.18 bits per heavy atom. The zero-order chi connectivity index (χ0) is 16.1. The topological polar surface area (TPSA) is 116 Å². The highest BCUT2D eigenvalue weighted by atomic mass is 16.4. The fourth-order valence-corrected chi connectivity index (χ4v) is 2.10. The van der Waals surface area contributed by atoms with Gasteiger partial charge in [-0.25, -0.2) is 4.79 Å². The second-order valence-electron chi connectivity index (χ2n) is 4.66. The van der Waals surface area contributed by atoms with Gasteiger partial charge in [0.05, 0.1) is 11.1 Å². The number of fused-ring (bicyclic) bond motifs is 1. The first-order chi connectivity index (χ1) is 10.5. The molecule has 0 radical (unpaired) electrons. The molecule has 0 spiro atoms. The van der Waals surface area contributed by atoms with Crippen molar-refractivity contribution in [1.29, 1.82) is 0 Å². The molecule has 3 N–H and O–H groups in total. The number of urea groups is 1. The number of nitrogens with one attached hydrogen (secondary N) is 2. The SMILES string of the molecule is O=C(O)CNC(=O)NCCCN1C(=O)c2ccccc2C1=O.